The number of methoxy groups -OCH3 is 1. The van der Waals surface area contributed by atoms with E-state index in [9.17, 15) is 23.6 Å². The molecule has 5 fully saturated rings. The highest BCUT2D eigenvalue weighted by atomic mass is 19.1. The molecule has 5 aliphatic rings. The Morgan fingerprint density at radius 1 is 0.935 bits per heavy atom. The lowest BCUT2D eigenvalue weighted by molar-refractivity contribution is -0.122. The fraction of sp³-hybridized carbons (Fsp3) is 0.333. The summed E-state index contributed by atoms with van der Waals surface area (Å²) < 4.78 is 24.2. The largest absolute Gasteiger partial charge is 0.493 e. The minimum absolute atomic E-state index is 0.184. The monoisotopic (exact) mass is 623 g/mol. The van der Waals surface area contributed by atoms with Gasteiger partial charge in [-0.2, -0.15) is 0 Å². The van der Waals surface area contributed by atoms with E-state index in [0.29, 0.717) is 16.9 Å². The molecule has 1 aliphatic heterocycles. The smallest absolute Gasteiger partial charge is 0.335 e. The Kier molecular flexibility index (Phi) is 7.58. The van der Waals surface area contributed by atoms with Crippen molar-refractivity contribution in [1.29, 1.82) is 0 Å². The highest BCUT2D eigenvalue weighted by Crippen LogP contribution is 2.60. The van der Waals surface area contributed by atoms with Crippen LogP contribution in [-0.2, 0) is 19.8 Å². The first kappa shape index (κ1) is 29.7. The number of carbonyl (C=O) groups excluding carboxylic acids is 4. The van der Waals surface area contributed by atoms with Gasteiger partial charge in [-0.05, 0) is 127 Å². The van der Waals surface area contributed by atoms with Crippen LogP contribution in [0.3, 0.4) is 0 Å². The minimum Gasteiger partial charge on any atom is -0.493 e. The zero-order valence-corrected chi connectivity index (χ0v) is 25.4. The Morgan fingerprint density at radius 2 is 1.59 bits per heavy atom. The molecular formula is C36H34FN3O6. The van der Waals surface area contributed by atoms with Crippen LogP contribution >= 0.6 is 0 Å². The van der Waals surface area contributed by atoms with Crippen molar-refractivity contribution in [3.8, 4) is 11.5 Å². The van der Waals surface area contributed by atoms with E-state index < -0.39 is 29.6 Å². The highest BCUT2D eigenvalue weighted by Gasteiger charge is 2.51. The van der Waals surface area contributed by atoms with Crippen LogP contribution in [-0.4, -0.2) is 37.5 Å². The van der Waals surface area contributed by atoms with Crippen LogP contribution in [0.1, 0.15) is 49.7 Å². The molecule has 1 heterocycles. The van der Waals surface area contributed by atoms with Crippen molar-refractivity contribution >= 4 is 41.2 Å². The van der Waals surface area contributed by atoms with Crippen molar-refractivity contribution in [2.75, 3.05) is 23.9 Å². The molecule has 3 aromatic rings. The molecule has 4 aliphatic carbocycles. The van der Waals surface area contributed by atoms with Gasteiger partial charge >= 0.3 is 6.03 Å². The van der Waals surface area contributed by atoms with Crippen LogP contribution in [0.5, 0.6) is 11.5 Å². The maximum absolute atomic E-state index is 13.6. The maximum atomic E-state index is 13.6. The molecule has 1 saturated heterocycles. The van der Waals surface area contributed by atoms with Crippen molar-refractivity contribution in [2.45, 2.75) is 43.9 Å². The fourth-order valence-electron chi connectivity index (χ4n) is 8.25. The summed E-state index contributed by atoms with van der Waals surface area (Å²) in [5.41, 5.74) is 2.52. The van der Waals surface area contributed by atoms with E-state index in [2.05, 4.69) is 10.6 Å². The lowest BCUT2D eigenvalue weighted by atomic mass is 9.48. The molecule has 2 N–H and O–H groups in total. The Labute approximate surface area is 265 Å². The number of amides is 5. The Hall–Kier alpha value is -4.99. The summed E-state index contributed by atoms with van der Waals surface area (Å²) in [6.45, 7) is -0.339. The number of urea groups is 1. The zero-order chi connectivity index (χ0) is 32.0. The first-order valence-corrected chi connectivity index (χ1v) is 15.6. The normalized spacial score (nSPS) is 25.9. The van der Waals surface area contributed by atoms with Crippen molar-refractivity contribution in [3.05, 3.63) is 89.2 Å². The minimum atomic E-state index is -0.798. The number of imide groups is 2. The summed E-state index contributed by atoms with van der Waals surface area (Å²) in [6, 6.07) is 17.0. The van der Waals surface area contributed by atoms with Gasteiger partial charge in [0, 0.05) is 5.69 Å². The molecule has 9 nitrogen and oxygen atoms in total. The predicted molar refractivity (Wildman–Crippen MR) is 169 cm³/mol. The topological polar surface area (TPSA) is 114 Å². The van der Waals surface area contributed by atoms with Crippen LogP contribution in [0.4, 0.5) is 20.6 Å². The van der Waals surface area contributed by atoms with Crippen LogP contribution in [0, 0.1) is 23.6 Å². The maximum Gasteiger partial charge on any atom is 0.335 e. The summed E-state index contributed by atoms with van der Waals surface area (Å²) in [5.74, 6) is 0.514. The molecule has 0 spiro atoms. The fourth-order valence-corrected chi connectivity index (χ4v) is 8.25. The Bertz CT molecular complexity index is 1710. The van der Waals surface area contributed by atoms with Gasteiger partial charge in [-0.15, -0.1) is 0 Å². The van der Waals surface area contributed by atoms with Gasteiger partial charge in [0.05, 0.1) is 12.8 Å². The summed E-state index contributed by atoms with van der Waals surface area (Å²) >= 11 is 0. The van der Waals surface area contributed by atoms with E-state index in [1.807, 2.05) is 12.1 Å². The SMILES string of the molecule is COc1cc(/C=C2\C(=O)NC(=O)N(c3ccc(C45CC6CC(CC(C6)C4)C5)cc3)C2=O)ccc1OCC(=O)Nc1ccc(F)cc1. The van der Waals surface area contributed by atoms with Gasteiger partial charge in [0.15, 0.2) is 18.1 Å². The van der Waals surface area contributed by atoms with Crippen LogP contribution < -0.4 is 25.0 Å². The molecule has 4 bridgehead atoms. The molecule has 0 radical (unpaired) electrons. The van der Waals surface area contributed by atoms with Crippen LogP contribution in [0.25, 0.3) is 6.08 Å². The molecule has 0 atom stereocenters. The zero-order valence-electron chi connectivity index (χ0n) is 25.4. The number of hydrogen-bond donors (Lipinski definition) is 2. The number of halogens is 1. The van der Waals surface area contributed by atoms with E-state index in [-0.39, 0.29) is 29.1 Å². The molecule has 0 unspecified atom stereocenters. The van der Waals surface area contributed by atoms with Crippen molar-refractivity contribution < 1.29 is 33.0 Å². The van der Waals surface area contributed by atoms with E-state index in [1.165, 1.54) is 81.5 Å². The summed E-state index contributed by atoms with van der Waals surface area (Å²) in [5, 5.41) is 4.90. The number of nitrogens with one attached hydrogen (secondary N) is 2. The van der Waals surface area contributed by atoms with Gasteiger partial charge in [-0.25, -0.2) is 14.1 Å². The Morgan fingerprint density at radius 3 is 2.22 bits per heavy atom. The van der Waals surface area contributed by atoms with Crippen molar-refractivity contribution in [1.82, 2.24) is 5.32 Å². The van der Waals surface area contributed by atoms with Gasteiger partial charge in [-0.3, -0.25) is 19.7 Å². The Balaban J connectivity index is 1.06. The van der Waals surface area contributed by atoms with Gasteiger partial charge in [0.25, 0.3) is 17.7 Å². The van der Waals surface area contributed by atoms with Gasteiger partial charge in [-0.1, -0.05) is 18.2 Å². The van der Waals surface area contributed by atoms with E-state index in [4.69, 9.17) is 9.47 Å². The quantitative estimate of drug-likeness (QED) is 0.236. The third-order valence-corrected chi connectivity index (χ3v) is 9.86. The molecule has 236 valence electrons. The molecule has 3 aromatic carbocycles. The van der Waals surface area contributed by atoms with Crippen LogP contribution in [0.15, 0.2) is 72.3 Å². The second-order valence-corrected chi connectivity index (χ2v) is 13.0. The lowest BCUT2D eigenvalue weighted by Crippen LogP contribution is -2.54. The summed E-state index contributed by atoms with van der Waals surface area (Å²) in [4.78, 5) is 52.6. The third kappa shape index (κ3) is 5.63. The first-order chi connectivity index (χ1) is 22.2. The van der Waals surface area contributed by atoms with Crippen molar-refractivity contribution in [3.63, 3.8) is 0 Å². The second kappa shape index (κ2) is 11.7. The molecule has 0 aromatic heterocycles. The lowest BCUT2D eigenvalue weighted by Gasteiger charge is -2.57. The average Bonchev–Trinajstić information content (AvgIpc) is 3.03. The van der Waals surface area contributed by atoms with Crippen LogP contribution in [0.2, 0.25) is 0 Å². The number of benzene rings is 3. The molecule has 5 amide bonds. The number of nitrogens with zero attached hydrogens (tertiary/aromatic N) is 1. The van der Waals surface area contributed by atoms with E-state index in [0.717, 1.165) is 22.7 Å². The first-order valence-electron chi connectivity index (χ1n) is 15.6. The number of rotatable bonds is 8. The number of barbiturate groups is 1. The highest BCUT2D eigenvalue weighted by molar-refractivity contribution is 6.39. The summed E-state index contributed by atoms with van der Waals surface area (Å²) in [6.07, 6.45) is 9.05. The summed E-state index contributed by atoms with van der Waals surface area (Å²) in [7, 11) is 1.42. The molecule has 46 heavy (non-hydrogen) atoms. The molecule has 4 saturated carbocycles. The standard InChI is InChI=1S/C36H34FN3O6/c1-45-31-16-21(2-11-30(31)46-20-32(41)38-27-7-5-26(37)6-8-27)15-29-33(42)39-35(44)40(34(29)43)28-9-3-25(4-10-28)36-17-22-12-23(18-36)14-24(13-22)19-36/h2-11,15-16,22-24H,12-14,17-20H2,1H3,(H,38,41)(H,39,42,44)/b29-15+. The number of ether oxygens (including phenoxy) is 2. The van der Waals surface area contributed by atoms with Gasteiger partial charge in [0.1, 0.15) is 11.4 Å². The molecule has 10 heteroatoms. The third-order valence-electron chi connectivity index (χ3n) is 9.86. The molecular weight excluding hydrogens is 589 g/mol. The molecule has 8 rings (SSSR count). The van der Waals surface area contributed by atoms with E-state index in [1.54, 1.807) is 30.3 Å². The number of anilines is 2. The van der Waals surface area contributed by atoms with Gasteiger partial charge < -0.3 is 14.8 Å². The number of carbonyl (C=O) groups is 4. The van der Waals surface area contributed by atoms with Gasteiger partial charge in [0.2, 0.25) is 0 Å². The van der Waals surface area contributed by atoms with E-state index >= 15 is 0 Å². The number of hydrogen-bond acceptors (Lipinski definition) is 6. The second-order valence-electron chi connectivity index (χ2n) is 13.0. The average molecular weight is 624 g/mol. The van der Waals surface area contributed by atoms with Crippen molar-refractivity contribution in [2.24, 2.45) is 17.8 Å². The predicted octanol–water partition coefficient (Wildman–Crippen LogP) is 5.99.